The number of carbonyl (C=O) groups excluding carboxylic acids is 2. The minimum atomic E-state index is -0.455. The molecule has 0 aliphatic heterocycles. The summed E-state index contributed by atoms with van der Waals surface area (Å²) in [7, 11) is 0. The van der Waals surface area contributed by atoms with E-state index in [2.05, 4.69) is 6.92 Å². The van der Waals surface area contributed by atoms with E-state index < -0.39 is 5.91 Å². The van der Waals surface area contributed by atoms with E-state index in [0.29, 0.717) is 6.61 Å². The number of primary amides is 1. The van der Waals surface area contributed by atoms with Gasteiger partial charge in [0.15, 0.2) is 0 Å². The summed E-state index contributed by atoms with van der Waals surface area (Å²) in [6, 6.07) is 0. The Morgan fingerprint density at radius 1 is 0.667 bits per heavy atom. The number of ether oxygens (including phenoxy) is 1. The van der Waals surface area contributed by atoms with Crippen molar-refractivity contribution in [3.63, 3.8) is 0 Å². The number of amides is 1. The van der Waals surface area contributed by atoms with Gasteiger partial charge in [0.2, 0.25) is 5.91 Å². The molecular weight excluding hydrogens is 302 g/mol. The van der Waals surface area contributed by atoms with Crippen LogP contribution in [0.25, 0.3) is 0 Å². The SMILES string of the molecule is CCCCCCCCCCCCCCCCOC(=O)CCC(N)=O. The molecule has 2 N–H and O–H groups in total. The zero-order valence-electron chi connectivity index (χ0n) is 15.8. The maximum atomic E-state index is 11.3. The molecule has 24 heavy (non-hydrogen) atoms. The Morgan fingerprint density at radius 3 is 1.50 bits per heavy atom. The summed E-state index contributed by atoms with van der Waals surface area (Å²) in [6.07, 6.45) is 18.6. The number of carbonyl (C=O) groups is 2. The molecule has 4 nitrogen and oxygen atoms in total. The molecule has 0 atom stereocenters. The van der Waals surface area contributed by atoms with Crippen molar-refractivity contribution in [2.75, 3.05) is 6.61 Å². The first-order chi connectivity index (χ1) is 11.7. The fourth-order valence-corrected chi connectivity index (χ4v) is 2.78. The molecule has 0 aliphatic carbocycles. The molecule has 0 heterocycles. The topological polar surface area (TPSA) is 69.4 Å². The van der Waals surface area contributed by atoms with Crippen LogP contribution in [0.15, 0.2) is 0 Å². The van der Waals surface area contributed by atoms with Crippen molar-refractivity contribution in [1.29, 1.82) is 0 Å². The third-order valence-electron chi connectivity index (χ3n) is 4.34. The summed E-state index contributed by atoms with van der Waals surface area (Å²) in [5.74, 6) is -0.771. The average Bonchev–Trinajstić information content (AvgIpc) is 2.56. The lowest BCUT2D eigenvalue weighted by atomic mass is 10.0. The van der Waals surface area contributed by atoms with Crippen molar-refractivity contribution < 1.29 is 14.3 Å². The first-order valence-electron chi connectivity index (χ1n) is 10.1. The molecule has 0 rings (SSSR count). The average molecular weight is 342 g/mol. The highest BCUT2D eigenvalue weighted by Crippen LogP contribution is 2.12. The predicted octanol–water partition coefficient (Wildman–Crippen LogP) is 5.28. The van der Waals surface area contributed by atoms with Crippen LogP contribution in [0.3, 0.4) is 0 Å². The smallest absolute Gasteiger partial charge is 0.306 e. The number of rotatable bonds is 18. The molecule has 1 amide bonds. The van der Waals surface area contributed by atoms with E-state index in [1.54, 1.807) is 0 Å². The standard InChI is InChI=1S/C20H39NO3/c1-2-3-4-5-6-7-8-9-10-11-12-13-14-15-18-24-20(23)17-16-19(21)22/h2-18H2,1H3,(H2,21,22). The van der Waals surface area contributed by atoms with Gasteiger partial charge in [-0.25, -0.2) is 0 Å². The molecule has 0 saturated heterocycles. The molecule has 0 unspecified atom stereocenters. The van der Waals surface area contributed by atoms with Gasteiger partial charge in [-0.3, -0.25) is 9.59 Å². The van der Waals surface area contributed by atoms with E-state index in [1.165, 1.54) is 77.0 Å². The summed E-state index contributed by atoms with van der Waals surface area (Å²) in [4.78, 5) is 21.8. The van der Waals surface area contributed by atoms with Crippen LogP contribution in [-0.4, -0.2) is 18.5 Å². The molecular formula is C20H39NO3. The molecule has 0 aromatic rings. The van der Waals surface area contributed by atoms with Gasteiger partial charge in [-0.2, -0.15) is 0 Å². The van der Waals surface area contributed by atoms with Gasteiger partial charge in [0.05, 0.1) is 13.0 Å². The van der Waals surface area contributed by atoms with Gasteiger partial charge in [-0.15, -0.1) is 0 Å². The Morgan fingerprint density at radius 2 is 1.08 bits per heavy atom. The van der Waals surface area contributed by atoms with Crippen LogP contribution in [0, 0.1) is 0 Å². The highest BCUT2D eigenvalue weighted by Gasteiger charge is 2.04. The van der Waals surface area contributed by atoms with Crippen LogP contribution in [0.4, 0.5) is 0 Å². The van der Waals surface area contributed by atoms with Crippen molar-refractivity contribution in [2.24, 2.45) is 5.73 Å². The van der Waals surface area contributed by atoms with Gasteiger partial charge in [0, 0.05) is 6.42 Å². The fraction of sp³-hybridized carbons (Fsp3) is 0.900. The van der Waals surface area contributed by atoms with E-state index in [0.717, 1.165) is 12.8 Å². The van der Waals surface area contributed by atoms with Crippen LogP contribution in [0.5, 0.6) is 0 Å². The zero-order valence-corrected chi connectivity index (χ0v) is 15.8. The largest absolute Gasteiger partial charge is 0.466 e. The van der Waals surface area contributed by atoms with E-state index in [4.69, 9.17) is 10.5 Å². The quantitative estimate of drug-likeness (QED) is 0.272. The number of esters is 1. The molecule has 0 spiro atoms. The van der Waals surface area contributed by atoms with Crippen LogP contribution in [0.2, 0.25) is 0 Å². The monoisotopic (exact) mass is 341 g/mol. The predicted molar refractivity (Wildman–Crippen MR) is 99.7 cm³/mol. The third-order valence-corrected chi connectivity index (χ3v) is 4.34. The number of hydrogen-bond donors (Lipinski definition) is 1. The maximum absolute atomic E-state index is 11.3. The fourth-order valence-electron chi connectivity index (χ4n) is 2.78. The number of unbranched alkanes of at least 4 members (excludes halogenated alkanes) is 13. The van der Waals surface area contributed by atoms with Crippen molar-refractivity contribution >= 4 is 11.9 Å². The van der Waals surface area contributed by atoms with E-state index in [9.17, 15) is 9.59 Å². The second-order valence-corrected chi connectivity index (χ2v) is 6.78. The Balaban J connectivity index is 3.10. The van der Waals surface area contributed by atoms with Crippen LogP contribution < -0.4 is 5.73 Å². The lowest BCUT2D eigenvalue weighted by Gasteiger charge is -2.05. The molecule has 0 aliphatic rings. The molecule has 0 bridgehead atoms. The summed E-state index contributed by atoms with van der Waals surface area (Å²) in [5.41, 5.74) is 4.98. The van der Waals surface area contributed by atoms with Crippen LogP contribution in [-0.2, 0) is 14.3 Å². The molecule has 0 radical (unpaired) electrons. The minimum absolute atomic E-state index is 0.0809. The summed E-state index contributed by atoms with van der Waals surface area (Å²) in [6.45, 7) is 2.73. The zero-order chi connectivity index (χ0) is 17.9. The molecule has 0 aromatic carbocycles. The first-order valence-corrected chi connectivity index (χ1v) is 10.1. The first kappa shape index (κ1) is 22.9. The molecule has 142 valence electrons. The minimum Gasteiger partial charge on any atom is -0.466 e. The van der Waals surface area contributed by atoms with Crippen molar-refractivity contribution in [3.8, 4) is 0 Å². The molecule has 0 aromatic heterocycles. The normalized spacial score (nSPS) is 10.7. The van der Waals surface area contributed by atoms with Gasteiger partial charge < -0.3 is 10.5 Å². The Labute approximate surface area is 148 Å². The van der Waals surface area contributed by atoms with Gasteiger partial charge in [0.25, 0.3) is 0 Å². The summed E-state index contributed by atoms with van der Waals surface area (Å²) >= 11 is 0. The molecule has 0 fully saturated rings. The van der Waals surface area contributed by atoms with E-state index in [-0.39, 0.29) is 18.8 Å². The second kappa shape index (κ2) is 18.3. The third kappa shape index (κ3) is 19.0. The van der Waals surface area contributed by atoms with Crippen molar-refractivity contribution in [2.45, 2.75) is 110 Å². The van der Waals surface area contributed by atoms with E-state index in [1.807, 2.05) is 0 Å². The van der Waals surface area contributed by atoms with Crippen LogP contribution in [0.1, 0.15) is 110 Å². The van der Waals surface area contributed by atoms with Gasteiger partial charge in [0.1, 0.15) is 0 Å². The van der Waals surface area contributed by atoms with E-state index >= 15 is 0 Å². The summed E-state index contributed by atoms with van der Waals surface area (Å²) < 4.78 is 5.05. The lowest BCUT2D eigenvalue weighted by Crippen LogP contribution is -2.14. The lowest BCUT2D eigenvalue weighted by molar-refractivity contribution is -0.144. The van der Waals surface area contributed by atoms with Crippen molar-refractivity contribution in [3.05, 3.63) is 0 Å². The Kier molecular flexibility index (Phi) is 17.5. The molecule has 0 saturated carbocycles. The van der Waals surface area contributed by atoms with Crippen LogP contribution >= 0.6 is 0 Å². The maximum Gasteiger partial charge on any atom is 0.306 e. The second-order valence-electron chi connectivity index (χ2n) is 6.78. The number of hydrogen-bond acceptors (Lipinski definition) is 3. The highest BCUT2D eigenvalue weighted by molar-refractivity contribution is 5.79. The van der Waals surface area contributed by atoms with Gasteiger partial charge in [-0.05, 0) is 6.42 Å². The van der Waals surface area contributed by atoms with Gasteiger partial charge in [-0.1, -0.05) is 90.4 Å². The number of nitrogens with two attached hydrogens (primary N) is 1. The Bertz CT molecular complexity index is 305. The molecule has 4 heteroatoms. The Hall–Kier alpha value is -1.06. The van der Waals surface area contributed by atoms with Crippen molar-refractivity contribution in [1.82, 2.24) is 0 Å². The summed E-state index contributed by atoms with van der Waals surface area (Å²) in [5, 5.41) is 0. The highest BCUT2D eigenvalue weighted by atomic mass is 16.5. The van der Waals surface area contributed by atoms with Gasteiger partial charge >= 0.3 is 5.97 Å².